The maximum absolute atomic E-state index is 10.8. The molecule has 0 fully saturated rings. The predicted molar refractivity (Wildman–Crippen MR) is 71.8 cm³/mol. The number of halogens is 1. The van der Waals surface area contributed by atoms with Crippen LogP contribution < -0.4 is 4.74 Å². The van der Waals surface area contributed by atoms with Crippen LogP contribution in [-0.2, 0) is 4.79 Å². The number of hydrogen-bond donors (Lipinski definition) is 1. The molecule has 2 aromatic rings. The molecule has 0 aliphatic carbocycles. The number of rotatable bonds is 4. The highest BCUT2D eigenvalue weighted by Crippen LogP contribution is 2.28. The standard InChI is InChI=1S/C14H12ClNO3/c1-9(14(17)18)10-6-7-13(16-8-10)19-12-5-3-2-4-11(12)15/h2-9H,1H3,(H,17,18). The maximum Gasteiger partial charge on any atom is 0.310 e. The van der Waals surface area contributed by atoms with Crippen LogP contribution in [0.15, 0.2) is 42.6 Å². The molecule has 98 valence electrons. The monoisotopic (exact) mass is 277 g/mol. The molecule has 0 spiro atoms. The Morgan fingerprint density at radius 2 is 2.05 bits per heavy atom. The number of nitrogens with zero attached hydrogens (tertiary/aromatic N) is 1. The van der Waals surface area contributed by atoms with Gasteiger partial charge in [0.25, 0.3) is 0 Å². The van der Waals surface area contributed by atoms with Gasteiger partial charge in [-0.3, -0.25) is 4.79 Å². The van der Waals surface area contributed by atoms with Gasteiger partial charge < -0.3 is 9.84 Å². The molecule has 1 heterocycles. The van der Waals surface area contributed by atoms with Gasteiger partial charge in [0.1, 0.15) is 5.75 Å². The van der Waals surface area contributed by atoms with Crippen molar-refractivity contribution in [2.75, 3.05) is 0 Å². The summed E-state index contributed by atoms with van der Waals surface area (Å²) < 4.78 is 5.51. The van der Waals surface area contributed by atoms with Crippen molar-refractivity contribution in [3.05, 3.63) is 53.2 Å². The van der Waals surface area contributed by atoms with Crippen LogP contribution in [0.5, 0.6) is 11.6 Å². The highest BCUT2D eigenvalue weighted by molar-refractivity contribution is 6.32. The van der Waals surface area contributed by atoms with E-state index in [0.29, 0.717) is 22.2 Å². The normalized spacial score (nSPS) is 11.9. The topological polar surface area (TPSA) is 59.4 Å². The highest BCUT2D eigenvalue weighted by Gasteiger charge is 2.14. The van der Waals surface area contributed by atoms with E-state index in [9.17, 15) is 4.79 Å². The molecule has 1 N–H and O–H groups in total. The summed E-state index contributed by atoms with van der Waals surface area (Å²) in [6.07, 6.45) is 1.49. The molecule has 5 heteroatoms. The maximum atomic E-state index is 10.8. The Labute approximate surface area is 115 Å². The largest absolute Gasteiger partial charge is 0.481 e. The first kappa shape index (κ1) is 13.4. The number of hydrogen-bond acceptors (Lipinski definition) is 3. The molecular formula is C14H12ClNO3. The molecule has 0 saturated heterocycles. The van der Waals surface area contributed by atoms with Crippen LogP contribution in [0.3, 0.4) is 0 Å². The van der Waals surface area contributed by atoms with E-state index in [4.69, 9.17) is 21.4 Å². The number of carboxylic acids is 1. The minimum Gasteiger partial charge on any atom is -0.481 e. The molecular weight excluding hydrogens is 266 g/mol. The van der Waals surface area contributed by atoms with Crippen LogP contribution in [0.4, 0.5) is 0 Å². The smallest absolute Gasteiger partial charge is 0.310 e. The van der Waals surface area contributed by atoms with Crippen molar-refractivity contribution in [3.8, 4) is 11.6 Å². The first-order valence-corrected chi connectivity index (χ1v) is 6.07. The average Bonchev–Trinajstić information content (AvgIpc) is 2.41. The molecule has 1 atom stereocenters. The summed E-state index contributed by atoms with van der Waals surface area (Å²) in [7, 11) is 0. The Bertz CT molecular complexity index is 583. The summed E-state index contributed by atoms with van der Waals surface area (Å²) in [4.78, 5) is 14.9. The SMILES string of the molecule is CC(C(=O)O)c1ccc(Oc2ccccc2Cl)nc1. The Hall–Kier alpha value is -2.07. The third kappa shape index (κ3) is 3.23. The molecule has 4 nitrogen and oxygen atoms in total. The molecule has 0 aliphatic rings. The van der Waals surface area contributed by atoms with Crippen LogP contribution in [0, 0.1) is 0 Å². The molecule has 0 radical (unpaired) electrons. The third-order valence-electron chi connectivity index (χ3n) is 2.68. The van der Waals surface area contributed by atoms with E-state index >= 15 is 0 Å². The van der Waals surface area contributed by atoms with Crippen molar-refractivity contribution in [3.63, 3.8) is 0 Å². The van der Waals surface area contributed by atoms with Gasteiger partial charge in [-0.1, -0.05) is 29.8 Å². The summed E-state index contributed by atoms with van der Waals surface area (Å²) in [6.45, 7) is 1.61. The van der Waals surface area contributed by atoms with Crippen LogP contribution >= 0.6 is 11.6 Å². The van der Waals surface area contributed by atoms with Crippen LogP contribution in [0.2, 0.25) is 5.02 Å². The van der Waals surface area contributed by atoms with Gasteiger partial charge in [0.15, 0.2) is 0 Å². The molecule has 2 rings (SSSR count). The summed E-state index contributed by atoms with van der Waals surface area (Å²) in [5.74, 6) is -0.603. The van der Waals surface area contributed by atoms with Crippen molar-refractivity contribution >= 4 is 17.6 Å². The van der Waals surface area contributed by atoms with Crippen LogP contribution in [-0.4, -0.2) is 16.1 Å². The predicted octanol–water partition coefficient (Wildman–Crippen LogP) is 3.72. The number of pyridine rings is 1. The van der Waals surface area contributed by atoms with Gasteiger partial charge in [0.2, 0.25) is 5.88 Å². The van der Waals surface area contributed by atoms with Crippen molar-refractivity contribution < 1.29 is 14.6 Å². The lowest BCUT2D eigenvalue weighted by Gasteiger charge is -2.08. The van der Waals surface area contributed by atoms with E-state index in [2.05, 4.69) is 4.98 Å². The summed E-state index contributed by atoms with van der Waals surface area (Å²) >= 11 is 5.97. The Morgan fingerprint density at radius 3 is 2.63 bits per heavy atom. The van der Waals surface area contributed by atoms with E-state index in [1.54, 1.807) is 37.3 Å². The van der Waals surface area contributed by atoms with Crippen molar-refractivity contribution in [1.29, 1.82) is 0 Å². The number of para-hydroxylation sites is 1. The molecule has 0 bridgehead atoms. The van der Waals surface area contributed by atoms with E-state index in [1.165, 1.54) is 6.20 Å². The van der Waals surface area contributed by atoms with Crippen molar-refractivity contribution in [2.45, 2.75) is 12.8 Å². The average molecular weight is 278 g/mol. The lowest BCUT2D eigenvalue weighted by atomic mass is 10.0. The van der Waals surface area contributed by atoms with Gasteiger partial charge >= 0.3 is 5.97 Å². The van der Waals surface area contributed by atoms with Crippen LogP contribution in [0.25, 0.3) is 0 Å². The molecule has 0 aliphatic heterocycles. The fourth-order valence-electron chi connectivity index (χ4n) is 1.49. The second-order valence-corrected chi connectivity index (χ2v) is 4.43. The van der Waals surface area contributed by atoms with Gasteiger partial charge in [-0.05, 0) is 24.6 Å². The lowest BCUT2D eigenvalue weighted by Crippen LogP contribution is -2.07. The molecule has 1 aromatic carbocycles. The van der Waals surface area contributed by atoms with Crippen molar-refractivity contribution in [2.24, 2.45) is 0 Å². The quantitative estimate of drug-likeness (QED) is 0.925. The number of aromatic nitrogens is 1. The summed E-state index contributed by atoms with van der Waals surface area (Å²) in [5.41, 5.74) is 0.624. The summed E-state index contributed by atoms with van der Waals surface area (Å²) in [6, 6.07) is 10.4. The molecule has 1 aromatic heterocycles. The van der Waals surface area contributed by atoms with Gasteiger partial charge in [-0.25, -0.2) is 4.98 Å². The summed E-state index contributed by atoms with van der Waals surface area (Å²) in [5, 5.41) is 9.39. The fraction of sp³-hybridized carbons (Fsp3) is 0.143. The molecule has 0 amide bonds. The van der Waals surface area contributed by atoms with E-state index in [0.717, 1.165) is 0 Å². The molecule has 1 unspecified atom stereocenters. The lowest BCUT2D eigenvalue weighted by molar-refractivity contribution is -0.138. The van der Waals surface area contributed by atoms with Crippen LogP contribution in [0.1, 0.15) is 18.4 Å². The Morgan fingerprint density at radius 1 is 1.32 bits per heavy atom. The first-order chi connectivity index (χ1) is 9.08. The number of carbonyl (C=O) groups is 1. The van der Waals surface area contributed by atoms with Gasteiger partial charge in [-0.2, -0.15) is 0 Å². The van der Waals surface area contributed by atoms with E-state index in [-0.39, 0.29) is 0 Å². The van der Waals surface area contributed by atoms with Gasteiger partial charge in [0, 0.05) is 12.3 Å². The zero-order chi connectivity index (χ0) is 13.8. The molecule has 0 saturated carbocycles. The number of carboxylic acid groups (broad SMARTS) is 1. The highest BCUT2D eigenvalue weighted by atomic mass is 35.5. The first-order valence-electron chi connectivity index (χ1n) is 5.69. The third-order valence-corrected chi connectivity index (χ3v) is 2.99. The molecule has 19 heavy (non-hydrogen) atoms. The van der Waals surface area contributed by atoms with Crippen molar-refractivity contribution in [1.82, 2.24) is 4.98 Å². The van der Waals surface area contributed by atoms with E-state index < -0.39 is 11.9 Å². The number of aliphatic carboxylic acids is 1. The van der Waals surface area contributed by atoms with E-state index in [1.807, 2.05) is 6.07 Å². The minimum atomic E-state index is -0.887. The fourth-order valence-corrected chi connectivity index (χ4v) is 1.67. The Kier molecular flexibility index (Phi) is 4.02. The second kappa shape index (κ2) is 5.71. The minimum absolute atomic E-state index is 0.370. The number of ether oxygens (including phenoxy) is 1. The Balaban J connectivity index is 2.15. The van der Waals surface area contributed by atoms with Gasteiger partial charge in [-0.15, -0.1) is 0 Å². The zero-order valence-electron chi connectivity index (χ0n) is 10.2. The van der Waals surface area contributed by atoms with Gasteiger partial charge in [0.05, 0.1) is 10.9 Å². The second-order valence-electron chi connectivity index (χ2n) is 4.02. The number of benzene rings is 1. The zero-order valence-corrected chi connectivity index (χ0v) is 11.0.